The second-order valence-corrected chi connectivity index (χ2v) is 8.88. The van der Waals surface area contributed by atoms with Crippen molar-refractivity contribution in [1.82, 2.24) is 0 Å². The zero-order chi connectivity index (χ0) is 24.7. The lowest BCUT2D eigenvalue weighted by atomic mass is 9.78. The van der Waals surface area contributed by atoms with Crippen LogP contribution in [0, 0.1) is 18.3 Å². The maximum Gasteiger partial charge on any atom is 0.119 e. The van der Waals surface area contributed by atoms with Gasteiger partial charge in [-0.2, -0.15) is 0 Å². The largest absolute Gasteiger partial charge is 0.493 e. The predicted octanol–water partition coefficient (Wildman–Crippen LogP) is 5.33. The SMILES string of the molecule is C#CCOCCOCCOCCOc1ccc(C(C)(C)c2ccc(OC[C@H](C)CCl)cc2)cc1. The average molecular weight is 489 g/mol. The van der Waals surface area contributed by atoms with Gasteiger partial charge in [-0.25, -0.2) is 0 Å². The van der Waals surface area contributed by atoms with Gasteiger partial charge >= 0.3 is 0 Å². The lowest BCUT2D eigenvalue weighted by Gasteiger charge is -2.26. The summed E-state index contributed by atoms with van der Waals surface area (Å²) in [6, 6.07) is 16.5. The Kier molecular flexibility index (Phi) is 12.9. The summed E-state index contributed by atoms with van der Waals surface area (Å²) in [5.74, 6) is 5.02. The first-order chi connectivity index (χ1) is 16.5. The van der Waals surface area contributed by atoms with E-state index in [1.807, 2.05) is 24.3 Å². The molecule has 0 fully saturated rings. The quantitative estimate of drug-likeness (QED) is 0.171. The van der Waals surface area contributed by atoms with Crippen molar-refractivity contribution in [3.05, 3.63) is 59.7 Å². The predicted molar refractivity (Wildman–Crippen MR) is 137 cm³/mol. The molecule has 1 atom stereocenters. The summed E-state index contributed by atoms with van der Waals surface area (Å²) in [6.45, 7) is 10.5. The Morgan fingerprint density at radius 1 is 0.765 bits per heavy atom. The number of ether oxygens (including phenoxy) is 5. The molecule has 186 valence electrons. The van der Waals surface area contributed by atoms with E-state index in [4.69, 9.17) is 41.7 Å². The third-order valence-electron chi connectivity index (χ3n) is 5.38. The summed E-state index contributed by atoms with van der Waals surface area (Å²) >= 11 is 5.85. The zero-order valence-electron chi connectivity index (χ0n) is 20.6. The first-order valence-electron chi connectivity index (χ1n) is 11.7. The molecule has 34 heavy (non-hydrogen) atoms. The van der Waals surface area contributed by atoms with Gasteiger partial charge in [-0.3, -0.25) is 0 Å². The van der Waals surface area contributed by atoms with Gasteiger partial charge < -0.3 is 23.7 Å². The van der Waals surface area contributed by atoms with Gasteiger partial charge in [0.1, 0.15) is 24.7 Å². The van der Waals surface area contributed by atoms with Crippen LogP contribution in [0.5, 0.6) is 11.5 Å². The van der Waals surface area contributed by atoms with Gasteiger partial charge in [-0.15, -0.1) is 18.0 Å². The van der Waals surface area contributed by atoms with Crippen LogP contribution < -0.4 is 9.47 Å². The van der Waals surface area contributed by atoms with Crippen LogP contribution in [0.1, 0.15) is 31.9 Å². The smallest absolute Gasteiger partial charge is 0.119 e. The van der Waals surface area contributed by atoms with Crippen LogP contribution in [-0.2, 0) is 19.6 Å². The molecule has 0 heterocycles. The summed E-state index contributed by atoms with van der Waals surface area (Å²) in [7, 11) is 0. The fraction of sp³-hybridized carbons (Fsp3) is 0.500. The van der Waals surface area contributed by atoms with Gasteiger partial charge in [0.2, 0.25) is 0 Å². The molecular weight excluding hydrogens is 452 g/mol. The molecule has 0 N–H and O–H groups in total. The molecule has 0 aliphatic carbocycles. The maximum absolute atomic E-state index is 5.85. The van der Waals surface area contributed by atoms with Crippen molar-refractivity contribution >= 4 is 11.6 Å². The number of benzene rings is 2. The highest BCUT2D eigenvalue weighted by atomic mass is 35.5. The zero-order valence-corrected chi connectivity index (χ0v) is 21.3. The summed E-state index contributed by atoms with van der Waals surface area (Å²) < 4.78 is 27.6. The minimum absolute atomic E-state index is 0.143. The Morgan fingerprint density at radius 3 is 1.74 bits per heavy atom. The van der Waals surface area contributed by atoms with Crippen LogP contribution >= 0.6 is 11.6 Å². The van der Waals surface area contributed by atoms with Crippen LogP contribution in [0.4, 0.5) is 0 Å². The molecule has 0 aliphatic heterocycles. The lowest BCUT2D eigenvalue weighted by Crippen LogP contribution is -2.19. The van der Waals surface area contributed by atoms with Gasteiger partial charge in [0.25, 0.3) is 0 Å². The van der Waals surface area contributed by atoms with Crippen molar-refractivity contribution in [1.29, 1.82) is 0 Å². The molecule has 0 saturated heterocycles. The Bertz CT molecular complexity index is 843. The van der Waals surface area contributed by atoms with Crippen LogP contribution in [0.2, 0.25) is 0 Å². The molecular formula is C28H37ClO5. The molecule has 0 saturated carbocycles. The lowest BCUT2D eigenvalue weighted by molar-refractivity contribution is 0.0142. The van der Waals surface area contributed by atoms with Crippen molar-refractivity contribution in [3.8, 4) is 23.8 Å². The molecule has 6 heteroatoms. The van der Waals surface area contributed by atoms with Crippen LogP contribution in [-0.4, -0.2) is 58.7 Å². The Balaban J connectivity index is 1.71. The van der Waals surface area contributed by atoms with Crippen LogP contribution in [0.25, 0.3) is 0 Å². The minimum Gasteiger partial charge on any atom is -0.493 e. The van der Waals surface area contributed by atoms with Crippen molar-refractivity contribution in [2.75, 3.05) is 58.7 Å². The summed E-state index contributed by atoms with van der Waals surface area (Å²) in [4.78, 5) is 0. The third kappa shape index (κ3) is 9.95. The van der Waals surface area contributed by atoms with E-state index in [0.29, 0.717) is 64.7 Å². The van der Waals surface area contributed by atoms with Gasteiger partial charge in [-0.05, 0) is 35.4 Å². The molecule has 0 spiro atoms. The van der Waals surface area contributed by atoms with E-state index in [-0.39, 0.29) is 5.41 Å². The van der Waals surface area contributed by atoms with E-state index in [1.54, 1.807) is 0 Å². The normalized spacial score (nSPS) is 12.2. The average Bonchev–Trinajstić information content (AvgIpc) is 2.86. The number of rotatable bonds is 17. The Labute approximate surface area is 209 Å². The molecule has 0 aromatic heterocycles. The second-order valence-electron chi connectivity index (χ2n) is 8.57. The van der Waals surface area contributed by atoms with Gasteiger partial charge in [-0.1, -0.05) is 51.0 Å². The van der Waals surface area contributed by atoms with E-state index in [9.17, 15) is 0 Å². The topological polar surface area (TPSA) is 46.2 Å². The van der Waals surface area contributed by atoms with E-state index >= 15 is 0 Å². The van der Waals surface area contributed by atoms with E-state index in [2.05, 4.69) is 51.0 Å². The van der Waals surface area contributed by atoms with Crippen molar-refractivity contribution in [3.63, 3.8) is 0 Å². The summed E-state index contributed by atoms with van der Waals surface area (Å²) in [6.07, 6.45) is 5.10. The highest BCUT2D eigenvalue weighted by Crippen LogP contribution is 2.33. The number of hydrogen-bond donors (Lipinski definition) is 0. The third-order valence-corrected chi connectivity index (χ3v) is 5.90. The molecule has 0 unspecified atom stereocenters. The van der Waals surface area contributed by atoms with Gasteiger partial charge in [0.15, 0.2) is 0 Å². The fourth-order valence-electron chi connectivity index (χ4n) is 3.17. The van der Waals surface area contributed by atoms with Gasteiger partial charge in [0, 0.05) is 17.2 Å². The number of terminal acetylenes is 1. The summed E-state index contributed by atoms with van der Waals surface area (Å²) in [5.41, 5.74) is 2.29. The highest BCUT2D eigenvalue weighted by Gasteiger charge is 2.23. The molecule has 0 amide bonds. The molecule has 2 aromatic carbocycles. The maximum atomic E-state index is 5.85. The second kappa shape index (κ2) is 15.6. The van der Waals surface area contributed by atoms with Crippen LogP contribution in [0.15, 0.2) is 48.5 Å². The minimum atomic E-state index is -0.143. The highest BCUT2D eigenvalue weighted by molar-refractivity contribution is 6.18. The molecule has 0 aliphatic rings. The first-order valence-corrected chi connectivity index (χ1v) is 12.2. The van der Waals surface area contributed by atoms with Gasteiger partial charge in [0.05, 0.1) is 39.6 Å². The molecule has 0 radical (unpaired) electrons. The van der Waals surface area contributed by atoms with Crippen molar-refractivity contribution in [2.24, 2.45) is 5.92 Å². The fourth-order valence-corrected chi connectivity index (χ4v) is 3.26. The van der Waals surface area contributed by atoms with E-state index < -0.39 is 0 Å². The molecule has 0 bridgehead atoms. The number of hydrogen-bond acceptors (Lipinski definition) is 5. The molecule has 2 aromatic rings. The van der Waals surface area contributed by atoms with Crippen molar-refractivity contribution in [2.45, 2.75) is 26.2 Å². The Hall–Kier alpha value is -2.23. The van der Waals surface area contributed by atoms with E-state index in [1.165, 1.54) is 11.1 Å². The first kappa shape index (κ1) is 28.0. The van der Waals surface area contributed by atoms with E-state index in [0.717, 1.165) is 11.5 Å². The monoisotopic (exact) mass is 488 g/mol. The number of alkyl halides is 1. The standard InChI is InChI=1S/C28H37ClO5/c1-5-14-30-15-16-31-17-18-32-19-20-33-26-10-6-24(7-11-26)28(3,4)25-8-12-27(13-9-25)34-22-23(2)21-29/h1,6-13,23H,14-22H2,2-4H3/t23-/m1/s1. The summed E-state index contributed by atoms with van der Waals surface area (Å²) in [5, 5.41) is 0. The van der Waals surface area contributed by atoms with Crippen molar-refractivity contribution < 1.29 is 23.7 Å². The Morgan fingerprint density at radius 2 is 1.24 bits per heavy atom. The molecule has 5 nitrogen and oxygen atoms in total. The van der Waals surface area contributed by atoms with Crippen LogP contribution in [0.3, 0.4) is 0 Å². The molecule has 2 rings (SSSR count). The number of halogens is 1.